The smallest absolute Gasteiger partial charge is 0.295 e. The van der Waals surface area contributed by atoms with E-state index in [0.717, 1.165) is 25.7 Å². The van der Waals surface area contributed by atoms with E-state index in [0.29, 0.717) is 16.6 Å². The van der Waals surface area contributed by atoms with Gasteiger partial charge in [0.2, 0.25) is 11.0 Å². The maximum atomic E-state index is 12.5. The molecule has 2 heterocycles. The Morgan fingerprint density at radius 2 is 1.88 bits per heavy atom. The Kier molecular flexibility index (Phi) is 4.46. The fraction of sp³-hybridized carbons (Fsp3) is 0.294. The summed E-state index contributed by atoms with van der Waals surface area (Å²) < 4.78 is 38.4. The average Bonchev–Trinajstić information content (AvgIpc) is 3.34. The molecule has 0 saturated heterocycles. The number of anilines is 1. The summed E-state index contributed by atoms with van der Waals surface area (Å²) in [5.74, 6) is 1.25. The summed E-state index contributed by atoms with van der Waals surface area (Å²) in [6.45, 7) is 0. The topological polar surface area (TPSA) is 98.2 Å². The van der Waals surface area contributed by atoms with Crippen LogP contribution < -0.4 is 4.72 Å². The van der Waals surface area contributed by atoms with E-state index in [-0.39, 0.29) is 22.7 Å². The number of benzene rings is 1. The number of aromatic nitrogens is 2. The number of halogens is 1. The van der Waals surface area contributed by atoms with Crippen LogP contribution in [0.15, 0.2) is 50.3 Å². The van der Waals surface area contributed by atoms with Crippen molar-refractivity contribution in [2.75, 3.05) is 4.72 Å². The third-order valence-corrected chi connectivity index (χ3v) is 5.77. The fourth-order valence-electron chi connectivity index (χ4n) is 3.01. The molecule has 0 aliphatic heterocycles. The molecule has 3 aromatic rings. The number of nitrogens with zero attached hydrogens (tertiary/aromatic N) is 2. The van der Waals surface area contributed by atoms with Gasteiger partial charge in [-0.15, -0.1) is 10.2 Å². The molecule has 9 heteroatoms. The van der Waals surface area contributed by atoms with Gasteiger partial charge < -0.3 is 8.83 Å². The fourth-order valence-corrected chi connectivity index (χ4v) is 4.18. The minimum Gasteiger partial charge on any atom is -0.438 e. The van der Waals surface area contributed by atoms with Crippen LogP contribution in [0.5, 0.6) is 0 Å². The first-order valence-electron chi connectivity index (χ1n) is 8.23. The highest BCUT2D eigenvalue weighted by Gasteiger charge is 2.25. The van der Waals surface area contributed by atoms with Gasteiger partial charge in [-0.05, 0) is 43.2 Å². The Bertz CT molecular complexity index is 1020. The highest BCUT2D eigenvalue weighted by molar-refractivity contribution is 7.92. The molecule has 7 nitrogen and oxygen atoms in total. The van der Waals surface area contributed by atoms with Crippen molar-refractivity contribution in [3.05, 3.63) is 47.3 Å². The van der Waals surface area contributed by atoms with E-state index in [1.165, 1.54) is 18.2 Å². The van der Waals surface area contributed by atoms with Gasteiger partial charge in [0.25, 0.3) is 15.9 Å². The van der Waals surface area contributed by atoms with E-state index in [1.54, 1.807) is 18.2 Å². The van der Waals surface area contributed by atoms with E-state index >= 15 is 0 Å². The van der Waals surface area contributed by atoms with Crippen LogP contribution in [0.1, 0.15) is 37.5 Å². The van der Waals surface area contributed by atoms with Crippen LogP contribution >= 0.6 is 11.6 Å². The zero-order valence-electron chi connectivity index (χ0n) is 13.7. The summed E-state index contributed by atoms with van der Waals surface area (Å²) in [5.41, 5.74) is 0.344. The lowest BCUT2D eigenvalue weighted by Crippen LogP contribution is -2.11. The lowest BCUT2D eigenvalue weighted by atomic mass is 10.1. The first-order valence-corrected chi connectivity index (χ1v) is 10.1. The third-order valence-electron chi connectivity index (χ3n) is 4.28. The van der Waals surface area contributed by atoms with Crippen molar-refractivity contribution in [3.8, 4) is 11.7 Å². The molecular weight excluding hydrogens is 378 g/mol. The van der Waals surface area contributed by atoms with Gasteiger partial charge in [0, 0.05) is 10.9 Å². The molecule has 136 valence electrons. The van der Waals surface area contributed by atoms with Crippen LogP contribution in [-0.2, 0) is 10.0 Å². The second-order valence-corrected chi connectivity index (χ2v) is 8.21. The Balaban J connectivity index is 1.55. The number of sulfonamides is 1. The van der Waals surface area contributed by atoms with Gasteiger partial charge in [0.1, 0.15) is 0 Å². The van der Waals surface area contributed by atoms with Gasteiger partial charge in [-0.2, -0.15) is 8.42 Å². The van der Waals surface area contributed by atoms with Gasteiger partial charge in [0.15, 0.2) is 5.76 Å². The minimum absolute atomic E-state index is 0.177. The molecule has 0 radical (unpaired) electrons. The highest BCUT2D eigenvalue weighted by Crippen LogP contribution is 2.35. The van der Waals surface area contributed by atoms with Crippen LogP contribution in [0.25, 0.3) is 11.7 Å². The van der Waals surface area contributed by atoms with Crippen molar-refractivity contribution in [2.24, 2.45) is 0 Å². The van der Waals surface area contributed by atoms with E-state index in [1.807, 2.05) is 0 Å². The molecule has 26 heavy (non-hydrogen) atoms. The van der Waals surface area contributed by atoms with Crippen LogP contribution in [0.2, 0.25) is 5.02 Å². The standard InChI is InChI=1S/C17H16ClN3O4S/c18-12-6-3-7-13(10-12)21-26(22,23)15-9-8-14(24-15)17-20-19-16(25-17)11-4-1-2-5-11/h3,6-11,21H,1-2,4-5H2. The van der Waals surface area contributed by atoms with E-state index in [9.17, 15) is 8.42 Å². The summed E-state index contributed by atoms with van der Waals surface area (Å²) in [7, 11) is -3.89. The lowest BCUT2D eigenvalue weighted by molar-refractivity contribution is 0.421. The highest BCUT2D eigenvalue weighted by atomic mass is 35.5. The largest absolute Gasteiger partial charge is 0.438 e. The molecule has 1 fully saturated rings. The van der Waals surface area contributed by atoms with Gasteiger partial charge in [-0.25, -0.2) is 0 Å². The molecule has 1 aliphatic carbocycles. The molecule has 1 N–H and O–H groups in total. The zero-order chi connectivity index (χ0) is 18.1. The van der Waals surface area contributed by atoms with Crippen molar-refractivity contribution in [3.63, 3.8) is 0 Å². The van der Waals surface area contributed by atoms with Crippen molar-refractivity contribution >= 4 is 27.3 Å². The molecule has 0 amide bonds. The number of hydrogen-bond acceptors (Lipinski definition) is 6. The molecule has 0 spiro atoms. The second kappa shape index (κ2) is 6.77. The third kappa shape index (κ3) is 3.47. The predicted molar refractivity (Wildman–Crippen MR) is 95.5 cm³/mol. The van der Waals surface area contributed by atoms with Crippen molar-refractivity contribution in [1.82, 2.24) is 10.2 Å². The molecule has 1 aliphatic rings. The first-order chi connectivity index (χ1) is 12.5. The van der Waals surface area contributed by atoms with E-state index < -0.39 is 10.0 Å². The van der Waals surface area contributed by atoms with Gasteiger partial charge in [0.05, 0.1) is 5.69 Å². The molecule has 2 aromatic heterocycles. The predicted octanol–water partition coefficient (Wildman–Crippen LogP) is 4.44. The monoisotopic (exact) mass is 393 g/mol. The molecule has 0 unspecified atom stereocenters. The maximum absolute atomic E-state index is 12.5. The molecule has 0 bridgehead atoms. The number of nitrogens with one attached hydrogen (secondary N) is 1. The van der Waals surface area contributed by atoms with Crippen LogP contribution in [-0.4, -0.2) is 18.6 Å². The van der Waals surface area contributed by atoms with Gasteiger partial charge in [-0.3, -0.25) is 4.72 Å². The first kappa shape index (κ1) is 17.1. The van der Waals surface area contributed by atoms with E-state index in [4.69, 9.17) is 20.4 Å². The zero-order valence-corrected chi connectivity index (χ0v) is 15.3. The SMILES string of the molecule is O=S(=O)(Nc1cccc(Cl)c1)c1ccc(-c2nnc(C3CCCC3)o2)o1. The van der Waals surface area contributed by atoms with Gasteiger partial charge >= 0.3 is 0 Å². The minimum atomic E-state index is -3.89. The van der Waals surface area contributed by atoms with Crippen LogP contribution in [0.4, 0.5) is 5.69 Å². The van der Waals surface area contributed by atoms with Crippen molar-refractivity contribution < 1.29 is 17.3 Å². The normalized spacial score (nSPS) is 15.4. The summed E-state index contributed by atoms with van der Waals surface area (Å²) in [4.78, 5) is 0. The Labute approximate surface area is 155 Å². The number of hydrogen-bond donors (Lipinski definition) is 1. The molecule has 1 aromatic carbocycles. The Hall–Kier alpha value is -2.32. The summed E-state index contributed by atoms with van der Waals surface area (Å²) in [6, 6.07) is 9.26. The molecular formula is C17H16ClN3O4S. The molecule has 0 atom stereocenters. The lowest BCUT2D eigenvalue weighted by Gasteiger charge is -2.05. The summed E-state index contributed by atoms with van der Waals surface area (Å²) in [5, 5.41) is 8.23. The van der Waals surface area contributed by atoms with Gasteiger partial charge in [-0.1, -0.05) is 30.5 Å². The number of rotatable bonds is 5. The Morgan fingerprint density at radius 1 is 1.08 bits per heavy atom. The van der Waals surface area contributed by atoms with E-state index in [2.05, 4.69) is 14.9 Å². The van der Waals surface area contributed by atoms with Crippen molar-refractivity contribution in [2.45, 2.75) is 36.7 Å². The summed E-state index contributed by atoms with van der Waals surface area (Å²) in [6.07, 6.45) is 4.37. The quantitative estimate of drug-likeness (QED) is 0.687. The second-order valence-electron chi connectivity index (χ2n) is 6.16. The average molecular weight is 394 g/mol. The van der Waals surface area contributed by atoms with Crippen LogP contribution in [0, 0.1) is 0 Å². The maximum Gasteiger partial charge on any atom is 0.295 e. The van der Waals surface area contributed by atoms with Crippen molar-refractivity contribution in [1.29, 1.82) is 0 Å². The van der Waals surface area contributed by atoms with Crippen LogP contribution in [0.3, 0.4) is 0 Å². The summed E-state index contributed by atoms with van der Waals surface area (Å²) >= 11 is 5.87. The molecule has 4 rings (SSSR count). The molecule has 1 saturated carbocycles. The Morgan fingerprint density at radius 3 is 2.65 bits per heavy atom. The number of furan rings is 1.